The van der Waals surface area contributed by atoms with Crippen molar-refractivity contribution in [2.45, 2.75) is 53.1 Å². The maximum absolute atomic E-state index is 13.1. The van der Waals surface area contributed by atoms with E-state index in [4.69, 9.17) is 11.6 Å². The lowest BCUT2D eigenvalue weighted by Gasteiger charge is -2.35. The summed E-state index contributed by atoms with van der Waals surface area (Å²) in [5.41, 5.74) is 2.38. The minimum Gasteiger partial charge on any atom is -0.347 e. The second kappa shape index (κ2) is 13.1. The Morgan fingerprint density at radius 1 is 0.974 bits per heavy atom. The minimum absolute atomic E-state index is 0.0820. The van der Waals surface area contributed by atoms with Gasteiger partial charge < -0.3 is 20.9 Å². The molecule has 38 heavy (non-hydrogen) atoms. The summed E-state index contributed by atoms with van der Waals surface area (Å²) < 4.78 is 0. The van der Waals surface area contributed by atoms with Crippen LogP contribution in [0.4, 0.5) is 10.5 Å². The van der Waals surface area contributed by atoms with Crippen molar-refractivity contribution < 1.29 is 14.4 Å². The second-order valence-electron chi connectivity index (χ2n) is 11.2. The fourth-order valence-electron chi connectivity index (χ4n) is 4.16. The number of benzene rings is 2. The number of piperazine rings is 1. The van der Waals surface area contributed by atoms with Gasteiger partial charge in [0.1, 0.15) is 0 Å². The van der Waals surface area contributed by atoms with E-state index in [1.165, 1.54) is 0 Å². The first kappa shape index (κ1) is 29.5. The Morgan fingerprint density at radius 2 is 1.68 bits per heavy atom. The highest BCUT2D eigenvalue weighted by molar-refractivity contribution is 6.34. The van der Waals surface area contributed by atoms with E-state index >= 15 is 0 Å². The molecular formula is C29H40ClN5O3. The number of carbonyl (C=O) groups excluding carboxylic acids is 3. The van der Waals surface area contributed by atoms with Crippen LogP contribution in [0.25, 0.3) is 0 Å². The van der Waals surface area contributed by atoms with Gasteiger partial charge in [-0.1, -0.05) is 37.6 Å². The minimum atomic E-state index is -0.317. The van der Waals surface area contributed by atoms with Crippen molar-refractivity contribution in [3.63, 3.8) is 0 Å². The SMILES string of the molecule is CC(C)CCNC(=O)Nc1ccc(C(=O)N2CCN(Cc3cccc(C(=O)NC(C)(C)C)c3)CC2)cc1Cl. The number of nitrogens with one attached hydrogen (secondary N) is 3. The van der Waals surface area contributed by atoms with Gasteiger partial charge in [0.2, 0.25) is 0 Å². The Balaban J connectivity index is 1.51. The van der Waals surface area contributed by atoms with Crippen molar-refractivity contribution in [3.05, 3.63) is 64.2 Å². The third kappa shape index (κ3) is 9.03. The Kier molecular flexibility index (Phi) is 10.2. The molecular weight excluding hydrogens is 502 g/mol. The first-order chi connectivity index (χ1) is 17.9. The molecule has 1 aliphatic rings. The first-order valence-electron chi connectivity index (χ1n) is 13.2. The smallest absolute Gasteiger partial charge is 0.319 e. The van der Waals surface area contributed by atoms with E-state index in [-0.39, 0.29) is 23.4 Å². The van der Waals surface area contributed by atoms with Crippen LogP contribution in [0, 0.1) is 5.92 Å². The van der Waals surface area contributed by atoms with Crippen LogP contribution in [0.3, 0.4) is 0 Å². The van der Waals surface area contributed by atoms with Crippen LogP contribution in [-0.4, -0.2) is 65.9 Å². The molecule has 0 unspecified atom stereocenters. The van der Waals surface area contributed by atoms with Gasteiger partial charge in [0.05, 0.1) is 10.7 Å². The highest BCUT2D eigenvalue weighted by atomic mass is 35.5. The van der Waals surface area contributed by atoms with Gasteiger partial charge in [-0.25, -0.2) is 4.79 Å². The first-order valence-corrected chi connectivity index (χ1v) is 13.6. The van der Waals surface area contributed by atoms with E-state index < -0.39 is 0 Å². The van der Waals surface area contributed by atoms with Crippen molar-refractivity contribution in [1.29, 1.82) is 0 Å². The third-order valence-electron chi connectivity index (χ3n) is 6.21. The van der Waals surface area contributed by atoms with Crippen LogP contribution in [0.15, 0.2) is 42.5 Å². The second-order valence-corrected chi connectivity index (χ2v) is 11.6. The summed E-state index contributed by atoms with van der Waals surface area (Å²) in [6.07, 6.45) is 0.892. The maximum Gasteiger partial charge on any atom is 0.319 e. The van der Waals surface area contributed by atoms with Gasteiger partial charge in [0.25, 0.3) is 11.8 Å². The number of rotatable bonds is 8. The third-order valence-corrected chi connectivity index (χ3v) is 6.53. The number of amides is 4. The fourth-order valence-corrected chi connectivity index (χ4v) is 4.39. The number of nitrogens with zero attached hydrogens (tertiary/aromatic N) is 2. The van der Waals surface area contributed by atoms with Crippen LogP contribution < -0.4 is 16.0 Å². The molecule has 1 saturated heterocycles. The molecule has 0 saturated carbocycles. The zero-order valence-corrected chi connectivity index (χ0v) is 23.8. The number of urea groups is 1. The van der Waals surface area contributed by atoms with Crippen molar-refractivity contribution >= 4 is 35.1 Å². The molecule has 206 valence electrons. The molecule has 8 nitrogen and oxygen atoms in total. The van der Waals surface area contributed by atoms with Gasteiger partial charge in [-0.15, -0.1) is 0 Å². The quantitative estimate of drug-likeness (QED) is 0.438. The molecule has 0 aliphatic carbocycles. The van der Waals surface area contributed by atoms with E-state index in [0.717, 1.165) is 25.1 Å². The highest BCUT2D eigenvalue weighted by Crippen LogP contribution is 2.24. The zero-order valence-electron chi connectivity index (χ0n) is 23.1. The Morgan fingerprint density at radius 3 is 2.32 bits per heavy atom. The predicted molar refractivity (Wildman–Crippen MR) is 153 cm³/mol. The van der Waals surface area contributed by atoms with E-state index in [0.29, 0.717) is 53.9 Å². The molecule has 1 aliphatic heterocycles. The van der Waals surface area contributed by atoms with Gasteiger partial charge in [0.15, 0.2) is 0 Å². The molecule has 4 amide bonds. The average Bonchev–Trinajstić information content (AvgIpc) is 2.84. The number of hydrogen-bond acceptors (Lipinski definition) is 4. The standard InChI is InChI=1S/C29H40ClN5O3/c1-20(2)11-12-31-28(38)32-25-10-9-23(18-24(25)30)27(37)35-15-13-34(14-16-35)19-21-7-6-8-22(17-21)26(36)33-29(3,4)5/h6-10,17-18,20H,11-16,19H2,1-5H3,(H,33,36)(H2,31,32,38). The molecule has 0 radical (unpaired) electrons. The van der Waals surface area contributed by atoms with Gasteiger partial charge >= 0.3 is 6.03 Å². The topological polar surface area (TPSA) is 93.8 Å². The number of carbonyl (C=O) groups is 3. The van der Waals surface area contributed by atoms with E-state index in [2.05, 4.69) is 34.7 Å². The summed E-state index contributed by atoms with van der Waals surface area (Å²) in [4.78, 5) is 41.8. The monoisotopic (exact) mass is 541 g/mol. The van der Waals surface area contributed by atoms with Crippen LogP contribution in [-0.2, 0) is 6.54 Å². The largest absolute Gasteiger partial charge is 0.347 e. The molecule has 0 spiro atoms. The van der Waals surface area contributed by atoms with Crippen molar-refractivity contribution in [2.24, 2.45) is 5.92 Å². The summed E-state index contributed by atoms with van der Waals surface area (Å²) in [6, 6.07) is 12.3. The number of anilines is 1. The Hall–Kier alpha value is -3.10. The molecule has 1 heterocycles. The van der Waals surface area contributed by atoms with Crippen molar-refractivity contribution in [3.8, 4) is 0 Å². The average molecular weight is 542 g/mol. The van der Waals surface area contributed by atoms with Crippen LogP contribution >= 0.6 is 11.6 Å². The summed E-state index contributed by atoms with van der Waals surface area (Å²) >= 11 is 6.37. The molecule has 3 rings (SSSR count). The molecule has 3 N–H and O–H groups in total. The molecule has 0 bridgehead atoms. The molecule has 0 atom stereocenters. The summed E-state index contributed by atoms with van der Waals surface area (Å²) in [7, 11) is 0. The summed E-state index contributed by atoms with van der Waals surface area (Å²) in [5, 5.41) is 8.87. The lowest BCUT2D eigenvalue weighted by molar-refractivity contribution is 0.0628. The van der Waals surface area contributed by atoms with Gasteiger partial charge in [-0.3, -0.25) is 14.5 Å². The zero-order chi connectivity index (χ0) is 27.9. The Bertz CT molecular complexity index is 1140. The molecule has 0 aromatic heterocycles. The number of hydrogen-bond donors (Lipinski definition) is 3. The molecule has 9 heteroatoms. The molecule has 2 aromatic carbocycles. The lowest BCUT2D eigenvalue weighted by Crippen LogP contribution is -2.48. The van der Waals surface area contributed by atoms with Crippen LogP contribution in [0.5, 0.6) is 0 Å². The van der Waals surface area contributed by atoms with Crippen molar-refractivity contribution in [1.82, 2.24) is 20.4 Å². The highest BCUT2D eigenvalue weighted by Gasteiger charge is 2.23. The lowest BCUT2D eigenvalue weighted by atomic mass is 10.1. The van der Waals surface area contributed by atoms with Crippen LogP contribution in [0.2, 0.25) is 5.02 Å². The van der Waals surface area contributed by atoms with Crippen molar-refractivity contribution in [2.75, 3.05) is 38.0 Å². The van der Waals surface area contributed by atoms with Gasteiger partial charge in [0, 0.05) is 55.9 Å². The van der Waals surface area contributed by atoms with Crippen LogP contribution in [0.1, 0.15) is 67.3 Å². The summed E-state index contributed by atoms with van der Waals surface area (Å²) in [6.45, 7) is 14.0. The van der Waals surface area contributed by atoms with E-state index in [9.17, 15) is 14.4 Å². The predicted octanol–water partition coefficient (Wildman–Crippen LogP) is 4.99. The maximum atomic E-state index is 13.1. The Labute approximate surface area is 231 Å². The van der Waals surface area contributed by atoms with Gasteiger partial charge in [-0.05, 0) is 69.0 Å². The molecule has 1 fully saturated rings. The fraction of sp³-hybridized carbons (Fsp3) is 0.483. The number of halogens is 1. The molecule has 2 aromatic rings. The van der Waals surface area contributed by atoms with E-state index in [1.807, 2.05) is 49.9 Å². The van der Waals surface area contributed by atoms with E-state index in [1.54, 1.807) is 18.2 Å². The normalized spacial score (nSPS) is 14.3. The van der Waals surface area contributed by atoms with Gasteiger partial charge in [-0.2, -0.15) is 0 Å². The summed E-state index contributed by atoms with van der Waals surface area (Å²) in [5.74, 6) is 0.339.